The summed E-state index contributed by atoms with van der Waals surface area (Å²) in [6, 6.07) is 7.94. The molecule has 0 amide bonds. The van der Waals surface area contributed by atoms with E-state index in [2.05, 4.69) is 4.98 Å². The summed E-state index contributed by atoms with van der Waals surface area (Å²) in [5.74, 6) is -1.42. The van der Waals surface area contributed by atoms with Crippen LogP contribution in [0.2, 0.25) is 0 Å². The maximum atomic E-state index is 13.0. The Balaban J connectivity index is 1.60. The zero-order valence-electron chi connectivity index (χ0n) is 14.4. The van der Waals surface area contributed by atoms with Crippen LogP contribution in [0.15, 0.2) is 24.3 Å². The van der Waals surface area contributed by atoms with E-state index in [9.17, 15) is 18.3 Å². The highest BCUT2D eigenvalue weighted by Gasteiger charge is 2.46. The lowest BCUT2D eigenvalue weighted by Gasteiger charge is -2.35. The molecule has 0 bridgehead atoms. The van der Waals surface area contributed by atoms with Crippen molar-refractivity contribution >= 4 is 26.9 Å². The Morgan fingerprint density at radius 2 is 2.00 bits per heavy atom. The van der Waals surface area contributed by atoms with Crippen LogP contribution in [-0.4, -0.2) is 54.3 Å². The number of rotatable bonds is 4. The predicted molar refractivity (Wildman–Crippen MR) is 96.3 cm³/mol. The number of sulfonamides is 1. The van der Waals surface area contributed by atoms with Gasteiger partial charge in [0.2, 0.25) is 10.0 Å². The maximum absolute atomic E-state index is 13.0. The first-order valence-electron chi connectivity index (χ1n) is 8.79. The average molecular weight is 378 g/mol. The van der Waals surface area contributed by atoms with E-state index in [0.717, 1.165) is 22.2 Å². The molecule has 8 heteroatoms. The second-order valence-corrected chi connectivity index (χ2v) is 9.13. The fraction of sp³-hybridized carbons (Fsp3) is 0.500. The Morgan fingerprint density at radius 1 is 1.27 bits per heavy atom. The molecule has 0 spiro atoms. The van der Waals surface area contributed by atoms with Gasteiger partial charge >= 0.3 is 5.97 Å². The summed E-state index contributed by atoms with van der Waals surface area (Å²) in [5, 5.41) is 10.8. The van der Waals surface area contributed by atoms with Crippen molar-refractivity contribution < 1.29 is 23.1 Å². The van der Waals surface area contributed by atoms with Crippen LogP contribution in [0.25, 0.3) is 10.9 Å². The molecule has 2 aliphatic heterocycles. The first-order valence-corrected chi connectivity index (χ1v) is 10.4. The highest BCUT2D eigenvalue weighted by molar-refractivity contribution is 7.89. The number of ether oxygens (including phenoxy) is 1. The standard InChI is InChI=1S/C18H22N2O5S/c21-17(22)18(6-9-25-10-7-18)12-26(23,24)20-8-5-14-13-3-1-2-4-15(13)19-16(14)11-20/h1-4,19H,5-12H2,(H,21,22). The molecule has 3 heterocycles. The molecule has 140 valence electrons. The van der Waals surface area contributed by atoms with E-state index in [-0.39, 0.29) is 38.4 Å². The van der Waals surface area contributed by atoms with E-state index in [4.69, 9.17) is 4.74 Å². The van der Waals surface area contributed by atoms with E-state index >= 15 is 0 Å². The van der Waals surface area contributed by atoms with Crippen molar-refractivity contribution in [2.75, 3.05) is 25.5 Å². The number of hydrogen-bond acceptors (Lipinski definition) is 4. The van der Waals surface area contributed by atoms with Crippen LogP contribution in [0, 0.1) is 5.41 Å². The molecule has 1 saturated heterocycles. The monoisotopic (exact) mass is 378 g/mol. The quantitative estimate of drug-likeness (QED) is 0.844. The minimum atomic E-state index is -3.69. The number of aliphatic carboxylic acids is 1. The van der Waals surface area contributed by atoms with Gasteiger partial charge in [0, 0.05) is 36.4 Å². The summed E-state index contributed by atoms with van der Waals surface area (Å²) in [4.78, 5) is 15.1. The molecule has 0 aliphatic carbocycles. The summed E-state index contributed by atoms with van der Waals surface area (Å²) in [7, 11) is -3.69. The molecule has 4 rings (SSSR count). The van der Waals surface area contributed by atoms with Crippen LogP contribution in [0.1, 0.15) is 24.1 Å². The Kier molecular flexibility index (Phi) is 4.29. The number of carboxylic acid groups (broad SMARTS) is 1. The number of benzene rings is 1. The number of fused-ring (bicyclic) bond motifs is 3. The van der Waals surface area contributed by atoms with Gasteiger partial charge in [-0.3, -0.25) is 4.79 Å². The molecule has 2 aliphatic rings. The number of carbonyl (C=O) groups is 1. The topological polar surface area (TPSA) is 99.7 Å². The highest BCUT2D eigenvalue weighted by Crippen LogP contribution is 2.35. The largest absolute Gasteiger partial charge is 0.481 e. The van der Waals surface area contributed by atoms with Gasteiger partial charge < -0.3 is 14.8 Å². The van der Waals surface area contributed by atoms with Crippen LogP contribution in [0.4, 0.5) is 0 Å². The number of hydrogen-bond donors (Lipinski definition) is 2. The van der Waals surface area contributed by atoms with Crippen molar-refractivity contribution in [1.82, 2.24) is 9.29 Å². The Bertz CT molecular complexity index is 944. The van der Waals surface area contributed by atoms with E-state index in [1.807, 2.05) is 24.3 Å². The molecule has 2 N–H and O–H groups in total. The van der Waals surface area contributed by atoms with Gasteiger partial charge in [0.25, 0.3) is 0 Å². The number of carboxylic acids is 1. The van der Waals surface area contributed by atoms with Crippen LogP contribution < -0.4 is 0 Å². The fourth-order valence-corrected chi connectivity index (χ4v) is 6.02. The van der Waals surface area contributed by atoms with Crippen LogP contribution in [0.5, 0.6) is 0 Å². The van der Waals surface area contributed by atoms with Crippen molar-refractivity contribution in [3.63, 3.8) is 0 Å². The van der Waals surface area contributed by atoms with Crippen molar-refractivity contribution in [2.24, 2.45) is 5.41 Å². The van der Waals surface area contributed by atoms with Crippen LogP contribution >= 0.6 is 0 Å². The second-order valence-electron chi connectivity index (χ2n) is 7.17. The zero-order valence-corrected chi connectivity index (χ0v) is 15.2. The zero-order chi connectivity index (χ0) is 18.4. The van der Waals surface area contributed by atoms with E-state index in [0.29, 0.717) is 13.0 Å². The lowest BCUT2D eigenvalue weighted by atomic mass is 9.82. The summed E-state index contributed by atoms with van der Waals surface area (Å²) >= 11 is 0. The second kappa shape index (κ2) is 6.37. The number of nitrogens with one attached hydrogen (secondary N) is 1. The third kappa shape index (κ3) is 2.91. The molecular formula is C18H22N2O5S. The molecule has 1 aromatic heterocycles. The summed E-state index contributed by atoms with van der Waals surface area (Å²) in [6.45, 7) is 1.21. The number of para-hydroxylation sites is 1. The first-order chi connectivity index (χ1) is 12.4. The molecule has 1 fully saturated rings. The molecule has 2 aromatic rings. The summed E-state index contributed by atoms with van der Waals surface area (Å²) < 4.78 is 32.7. The van der Waals surface area contributed by atoms with E-state index in [1.165, 1.54) is 4.31 Å². The Morgan fingerprint density at radius 3 is 2.73 bits per heavy atom. The lowest BCUT2D eigenvalue weighted by molar-refractivity contribution is -0.152. The van der Waals surface area contributed by atoms with Crippen LogP contribution in [-0.2, 0) is 32.5 Å². The predicted octanol–water partition coefficient (Wildman–Crippen LogP) is 1.74. The number of nitrogens with zero attached hydrogens (tertiary/aromatic N) is 1. The van der Waals surface area contributed by atoms with Crippen molar-refractivity contribution in [1.29, 1.82) is 0 Å². The van der Waals surface area contributed by atoms with Gasteiger partial charge in [-0.05, 0) is 30.9 Å². The number of aromatic nitrogens is 1. The number of aromatic amines is 1. The third-order valence-electron chi connectivity index (χ3n) is 5.60. The highest BCUT2D eigenvalue weighted by atomic mass is 32.2. The fourth-order valence-electron chi connectivity index (χ4n) is 4.03. The van der Waals surface area contributed by atoms with Gasteiger partial charge in [-0.15, -0.1) is 0 Å². The van der Waals surface area contributed by atoms with Gasteiger partial charge in [-0.2, -0.15) is 4.31 Å². The minimum Gasteiger partial charge on any atom is -0.481 e. The molecule has 0 radical (unpaired) electrons. The van der Waals surface area contributed by atoms with E-state index in [1.54, 1.807) is 0 Å². The molecule has 0 unspecified atom stereocenters. The number of H-pyrrole nitrogens is 1. The summed E-state index contributed by atoms with van der Waals surface area (Å²) in [5.41, 5.74) is 1.81. The Hall–Kier alpha value is -1.90. The van der Waals surface area contributed by atoms with Gasteiger partial charge in [-0.25, -0.2) is 8.42 Å². The van der Waals surface area contributed by atoms with E-state index < -0.39 is 21.4 Å². The molecule has 0 saturated carbocycles. The molecule has 1 aromatic carbocycles. The molecular weight excluding hydrogens is 356 g/mol. The van der Waals surface area contributed by atoms with Gasteiger partial charge in [0.15, 0.2) is 0 Å². The smallest absolute Gasteiger partial charge is 0.310 e. The van der Waals surface area contributed by atoms with Crippen LogP contribution in [0.3, 0.4) is 0 Å². The van der Waals surface area contributed by atoms with Crippen molar-refractivity contribution in [3.05, 3.63) is 35.5 Å². The van der Waals surface area contributed by atoms with Crippen molar-refractivity contribution in [2.45, 2.75) is 25.8 Å². The Labute approximate surface area is 152 Å². The first kappa shape index (κ1) is 17.5. The molecule has 0 atom stereocenters. The van der Waals surface area contributed by atoms with Gasteiger partial charge in [0.05, 0.1) is 17.7 Å². The maximum Gasteiger partial charge on any atom is 0.310 e. The third-order valence-corrected chi connectivity index (χ3v) is 7.62. The van der Waals surface area contributed by atoms with Crippen molar-refractivity contribution in [3.8, 4) is 0 Å². The summed E-state index contributed by atoms with van der Waals surface area (Å²) in [6.07, 6.45) is 1.09. The molecule has 7 nitrogen and oxygen atoms in total. The van der Waals surface area contributed by atoms with Gasteiger partial charge in [0.1, 0.15) is 0 Å². The normalized spacial score (nSPS) is 20.8. The van der Waals surface area contributed by atoms with Gasteiger partial charge in [-0.1, -0.05) is 18.2 Å². The lowest BCUT2D eigenvalue weighted by Crippen LogP contribution is -2.47. The SMILES string of the molecule is O=C(O)C1(CS(=O)(=O)N2CCc3c([nH]c4ccccc34)C2)CCOCC1. The minimum absolute atomic E-state index is 0.229. The molecule has 26 heavy (non-hydrogen) atoms. The average Bonchev–Trinajstić information content (AvgIpc) is 3.00.